The summed E-state index contributed by atoms with van der Waals surface area (Å²) < 4.78 is 5.57. The lowest BCUT2D eigenvalue weighted by atomic mass is 10.2. The van der Waals surface area contributed by atoms with Gasteiger partial charge < -0.3 is 4.74 Å². The second kappa shape index (κ2) is 3.94. The number of hydrogen-bond acceptors (Lipinski definition) is 1. The first-order valence-electron chi connectivity index (χ1n) is 3.14. The first kappa shape index (κ1) is 8.02. The maximum absolute atomic E-state index is 5.57. The van der Waals surface area contributed by atoms with Crippen LogP contribution >= 0.6 is 31.9 Å². The summed E-state index contributed by atoms with van der Waals surface area (Å²) >= 11 is 6.79. The highest BCUT2D eigenvalue weighted by atomic mass is 79.9. The smallest absolute Gasteiger partial charge is 0.0677 e. The molecular weight excluding hydrogens is 248 g/mol. The number of rotatable bonds is 2. The van der Waals surface area contributed by atoms with Crippen molar-refractivity contribution < 1.29 is 4.74 Å². The summed E-state index contributed by atoms with van der Waals surface area (Å²) in [6, 6.07) is 0. The Morgan fingerprint density at radius 3 is 1.78 bits per heavy atom. The van der Waals surface area contributed by atoms with Crippen LogP contribution in [-0.2, 0) is 4.74 Å². The lowest BCUT2D eigenvalue weighted by molar-refractivity contribution is 0.0741. The minimum Gasteiger partial charge on any atom is -0.373 e. The quantitative estimate of drug-likeness (QED) is 0.690. The molecule has 0 aromatic carbocycles. The zero-order chi connectivity index (χ0) is 6.69. The van der Waals surface area contributed by atoms with Crippen LogP contribution in [0.4, 0.5) is 0 Å². The van der Waals surface area contributed by atoms with E-state index in [2.05, 4.69) is 31.9 Å². The average molecular weight is 258 g/mol. The van der Waals surface area contributed by atoms with Gasteiger partial charge in [-0.05, 0) is 12.8 Å². The molecule has 0 aromatic rings. The molecule has 1 nitrogen and oxygen atoms in total. The Morgan fingerprint density at radius 2 is 1.56 bits per heavy atom. The largest absolute Gasteiger partial charge is 0.373 e. The minimum atomic E-state index is 0.465. The van der Waals surface area contributed by atoms with Gasteiger partial charge in [-0.1, -0.05) is 31.9 Å². The van der Waals surface area contributed by atoms with Crippen molar-refractivity contribution in [3.8, 4) is 0 Å². The zero-order valence-corrected chi connectivity index (χ0v) is 8.32. The van der Waals surface area contributed by atoms with Crippen LogP contribution in [0.25, 0.3) is 0 Å². The number of ether oxygens (including phenoxy) is 1. The molecule has 2 atom stereocenters. The fraction of sp³-hybridized carbons (Fsp3) is 1.00. The van der Waals surface area contributed by atoms with Crippen molar-refractivity contribution in [2.75, 3.05) is 10.7 Å². The van der Waals surface area contributed by atoms with Gasteiger partial charge in [-0.15, -0.1) is 0 Å². The number of halogens is 2. The van der Waals surface area contributed by atoms with Crippen molar-refractivity contribution >= 4 is 31.9 Å². The summed E-state index contributed by atoms with van der Waals surface area (Å²) in [6.07, 6.45) is 3.35. The molecule has 1 saturated heterocycles. The van der Waals surface area contributed by atoms with E-state index in [4.69, 9.17) is 4.74 Å². The Balaban J connectivity index is 2.20. The summed E-state index contributed by atoms with van der Waals surface area (Å²) in [6.45, 7) is 0. The molecule has 0 N–H and O–H groups in total. The van der Waals surface area contributed by atoms with E-state index in [1.165, 1.54) is 12.8 Å². The number of hydrogen-bond donors (Lipinski definition) is 0. The second-order valence-corrected chi connectivity index (χ2v) is 3.56. The molecule has 54 valence electrons. The van der Waals surface area contributed by atoms with Gasteiger partial charge in [0.05, 0.1) is 12.2 Å². The third kappa shape index (κ3) is 2.20. The molecule has 9 heavy (non-hydrogen) atoms. The van der Waals surface area contributed by atoms with Crippen LogP contribution in [0.3, 0.4) is 0 Å². The van der Waals surface area contributed by atoms with Crippen molar-refractivity contribution in [1.29, 1.82) is 0 Å². The highest BCUT2D eigenvalue weighted by Gasteiger charge is 2.22. The van der Waals surface area contributed by atoms with Crippen molar-refractivity contribution in [2.24, 2.45) is 0 Å². The van der Waals surface area contributed by atoms with Crippen LogP contribution in [0, 0.1) is 0 Å². The number of alkyl halides is 2. The Bertz CT molecular complexity index is 77.1. The predicted molar refractivity (Wildman–Crippen MR) is 45.5 cm³/mol. The monoisotopic (exact) mass is 256 g/mol. The molecule has 0 bridgehead atoms. The normalized spacial score (nSPS) is 35.3. The van der Waals surface area contributed by atoms with E-state index < -0.39 is 0 Å². The van der Waals surface area contributed by atoms with E-state index in [0.29, 0.717) is 12.2 Å². The van der Waals surface area contributed by atoms with Gasteiger partial charge >= 0.3 is 0 Å². The topological polar surface area (TPSA) is 9.23 Å². The van der Waals surface area contributed by atoms with Gasteiger partial charge in [0, 0.05) is 10.7 Å². The van der Waals surface area contributed by atoms with Gasteiger partial charge in [0.1, 0.15) is 0 Å². The molecule has 0 aliphatic carbocycles. The predicted octanol–water partition coefficient (Wildman–Crippen LogP) is 2.32. The highest BCUT2D eigenvalue weighted by Crippen LogP contribution is 2.21. The van der Waals surface area contributed by atoms with Gasteiger partial charge in [0.2, 0.25) is 0 Å². The van der Waals surface area contributed by atoms with E-state index in [-0.39, 0.29) is 0 Å². The summed E-state index contributed by atoms with van der Waals surface area (Å²) in [5.74, 6) is 0. The molecule has 1 fully saturated rings. The maximum atomic E-state index is 5.57. The van der Waals surface area contributed by atoms with E-state index in [9.17, 15) is 0 Å². The van der Waals surface area contributed by atoms with Crippen LogP contribution in [0.5, 0.6) is 0 Å². The van der Waals surface area contributed by atoms with Crippen molar-refractivity contribution in [1.82, 2.24) is 0 Å². The molecule has 0 radical (unpaired) electrons. The molecule has 0 spiro atoms. The molecule has 0 aromatic heterocycles. The lowest BCUT2D eigenvalue weighted by Crippen LogP contribution is -2.12. The molecule has 0 unspecified atom stereocenters. The Hall–Kier alpha value is 0.920. The molecule has 1 rings (SSSR count). The fourth-order valence-corrected chi connectivity index (χ4v) is 1.96. The molecular formula is C6H10Br2O. The maximum Gasteiger partial charge on any atom is 0.0677 e. The molecule has 1 heterocycles. The highest BCUT2D eigenvalue weighted by molar-refractivity contribution is 9.09. The summed E-state index contributed by atoms with van der Waals surface area (Å²) in [7, 11) is 0. The van der Waals surface area contributed by atoms with Gasteiger partial charge in [0.15, 0.2) is 0 Å². The molecule has 0 amide bonds. The standard InChI is InChI=1S/C6H10Br2O/c7-3-5-1-2-6(4-8)9-5/h5-6H,1-4H2/t5-,6-/m0/s1. The average Bonchev–Trinajstić information content (AvgIpc) is 2.34. The summed E-state index contributed by atoms with van der Waals surface area (Å²) in [5.41, 5.74) is 0. The van der Waals surface area contributed by atoms with Crippen LogP contribution < -0.4 is 0 Å². The second-order valence-electron chi connectivity index (χ2n) is 2.27. The van der Waals surface area contributed by atoms with Gasteiger partial charge in [0.25, 0.3) is 0 Å². The Morgan fingerprint density at radius 1 is 1.11 bits per heavy atom. The fourth-order valence-electron chi connectivity index (χ4n) is 1.01. The summed E-state index contributed by atoms with van der Waals surface area (Å²) in [4.78, 5) is 0. The van der Waals surface area contributed by atoms with E-state index >= 15 is 0 Å². The minimum absolute atomic E-state index is 0.465. The zero-order valence-electron chi connectivity index (χ0n) is 5.15. The van der Waals surface area contributed by atoms with E-state index in [0.717, 1.165) is 10.7 Å². The van der Waals surface area contributed by atoms with Gasteiger partial charge in [-0.3, -0.25) is 0 Å². The van der Waals surface area contributed by atoms with Gasteiger partial charge in [-0.2, -0.15) is 0 Å². The van der Waals surface area contributed by atoms with Crippen LogP contribution in [0.1, 0.15) is 12.8 Å². The van der Waals surface area contributed by atoms with Crippen LogP contribution in [0.15, 0.2) is 0 Å². The van der Waals surface area contributed by atoms with E-state index in [1.54, 1.807) is 0 Å². The van der Waals surface area contributed by atoms with Crippen molar-refractivity contribution in [3.05, 3.63) is 0 Å². The third-order valence-electron chi connectivity index (χ3n) is 1.54. The third-order valence-corrected chi connectivity index (χ3v) is 2.98. The van der Waals surface area contributed by atoms with E-state index in [1.807, 2.05) is 0 Å². The van der Waals surface area contributed by atoms with Crippen LogP contribution in [-0.4, -0.2) is 22.9 Å². The Kier molecular flexibility index (Phi) is 3.51. The first-order chi connectivity index (χ1) is 4.36. The lowest BCUT2D eigenvalue weighted by Gasteiger charge is -2.07. The molecule has 1 aliphatic heterocycles. The Labute approximate surface area is 72.4 Å². The van der Waals surface area contributed by atoms with Gasteiger partial charge in [-0.25, -0.2) is 0 Å². The summed E-state index contributed by atoms with van der Waals surface area (Å²) in [5, 5.41) is 1.97. The van der Waals surface area contributed by atoms with Crippen molar-refractivity contribution in [3.63, 3.8) is 0 Å². The first-order valence-corrected chi connectivity index (χ1v) is 5.38. The van der Waals surface area contributed by atoms with Crippen LogP contribution in [0.2, 0.25) is 0 Å². The molecule has 3 heteroatoms. The van der Waals surface area contributed by atoms with Crippen molar-refractivity contribution in [2.45, 2.75) is 25.0 Å². The SMILES string of the molecule is BrC[C@@H]1CC[C@@H](CBr)O1. The molecule has 0 saturated carbocycles. The molecule has 1 aliphatic rings.